The van der Waals surface area contributed by atoms with Crippen molar-refractivity contribution in [2.24, 2.45) is 0 Å². The van der Waals surface area contributed by atoms with E-state index in [1.165, 1.54) is 13.2 Å². The lowest BCUT2D eigenvalue weighted by molar-refractivity contribution is -0.123. The maximum atomic E-state index is 11.9. The molecular formula is C19H18ClNO5. The average molecular weight is 376 g/mol. The smallest absolute Gasteiger partial charge is 0.337 e. The number of halogens is 1. The van der Waals surface area contributed by atoms with Crippen molar-refractivity contribution in [1.82, 2.24) is 5.32 Å². The summed E-state index contributed by atoms with van der Waals surface area (Å²) in [6.45, 7) is 0.243. The molecule has 1 N–H and O–H groups in total. The predicted octanol–water partition coefficient (Wildman–Crippen LogP) is 2.63. The van der Waals surface area contributed by atoms with Gasteiger partial charge in [0.2, 0.25) is 0 Å². The Morgan fingerprint density at radius 3 is 2.77 bits per heavy atom. The van der Waals surface area contributed by atoms with Crippen LogP contribution in [-0.4, -0.2) is 38.2 Å². The van der Waals surface area contributed by atoms with Crippen molar-refractivity contribution in [2.45, 2.75) is 12.5 Å². The summed E-state index contributed by atoms with van der Waals surface area (Å²) < 4.78 is 15.9. The summed E-state index contributed by atoms with van der Waals surface area (Å²) in [6.07, 6.45) is 0.288. The number of benzene rings is 2. The van der Waals surface area contributed by atoms with E-state index in [1.807, 2.05) is 18.2 Å². The molecule has 0 aromatic heterocycles. The molecule has 136 valence electrons. The lowest BCUT2D eigenvalue weighted by Gasteiger charge is -2.12. The number of nitrogens with one attached hydrogen (secondary N) is 1. The molecule has 6 nitrogen and oxygen atoms in total. The lowest BCUT2D eigenvalue weighted by Crippen LogP contribution is -2.37. The Hall–Kier alpha value is -2.73. The average Bonchev–Trinajstić information content (AvgIpc) is 3.08. The van der Waals surface area contributed by atoms with Gasteiger partial charge in [0, 0.05) is 12.0 Å². The second kappa shape index (κ2) is 8.10. The van der Waals surface area contributed by atoms with Gasteiger partial charge in [0.15, 0.2) is 6.61 Å². The first kappa shape index (κ1) is 18.1. The van der Waals surface area contributed by atoms with Crippen LogP contribution < -0.4 is 14.8 Å². The SMILES string of the molecule is COC(=O)c1cc(Cl)c2c(c1)C[C@@H](CNC(=O)COc1ccccc1)O2. The van der Waals surface area contributed by atoms with Gasteiger partial charge in [-0.05, 0) is 24.3 Å². The molecule has 26 heavy (non-hydrogen) atoms. The van der Waals surface area contributed by atoms with Gasteiger partial charge in [0.05, 0.1) is 24.2 Å². The highest BCUT2D eigenvalue weighted by molar-refractivity contribution is 6.32. The van der Waals surface area contributed by atoms with E-state index in [4.69, 9.17) is 25.8 Å². The number of carbonyl (C=O) groups is 2. The summed E-state index contributed by atoms with van der Waals surface area (Å²) in [4.78, 5) is 23.6. The summed E-state index contributed by atoms with van der Waals surface area (Å²) in [6, 6.07) is 12.3. The third kappa shape index (κ3) is 4.26. The number of para-hydroxylation sites is 1. The maximum absolute atomic E-state index is 11.9. The van der Waals surface area contributed by atoms with Gasteiger partial charge in [-0.25, -0.2) is 4.79 Å². The van der Waals surface area contributed by atoms with Crippen molar-refractivity contribution in [3.63, 3.8) is 0 Å². The Kier molecular flexibility index (Phi) is 5.63. The number of methoxy groups -OCH3 is 1. The molecule has 1 heterocycles. The van der Waals surface area contributed by atoms with E-state index in [9.17, 15) is 9.59 Å². The molecule has 1 atom stereocenters. The molecule has 0 fully saturated rings. The minimum Gasteiger partial charge on any atom is -0.486 e. The second-order valence-corrected chi connectivity index (χ2v) is 6.19. The van der Waals surface area contributed by atoms with E-state index in [-0.39, 0.29) is 18.6 Å². The Morgan fingerprint density at radius 2 is 2.04 bits per heavy atom. The fraction of sp³-hybridized carbons (Fsp3) is 0.263. The largest absolute Gasteiger partial charge is 0.486 e. The van der Waals surface area contributed by atoms with Crippen molar-refractivity contribution in [1.29, 1.82) is 0 Å². The molecule has 0 spiro atoms. The third-order valence-electron chi connectivity index (χ3n) is 3.91. The highest BCUT2D eigenvalue weighted by Gasteiger charge is 2.27. The number of carbonyl (C=O) groups excluding carboxylic acids is 2. The van der Waals surface area contributed by atoms with E-state index >= 15 is 0 Å². The quantitative estimate of drug-likeness (QED) is 0.786. The van der Waals surface area contributed by atoms with Crippen LogP contribution in [0.5, 0.6) is 11.5 Å². The minimum atomic E-state index is -0.454. The van der Waals surface area contributed by atoms with E-state index in [0.717, 1.165) is 5.56 Å². The molecule has 7 heteroatoms. The van der Waals surface area contributed by atoms with Gasteiger partial charge < -0.3 is 19.5 Å². The van der Waals surface area contributed by atoms with Gasteiger partial charge in [0.25, 0.3) is 5.91 Å². The molecule has 2 aromatic rings. The van der Waals surface area contributed by atoms with Gasteiger partial charge in [0.1, 0.15) is 17.6 Å². The molecule has 1 aliphatic heterocycles. The summed E-state index contributed by atoms with van der Waals surface area (Å²) in [5.41, 5.74) is 1.19. The fourth-order valence-electron chi connectivity index (χ4n) is 2.68. The maximum Gasteiger partial charge on any atom is 0.337 e. The molecule has 0 unspecified atom stereocenters. The number of amides is 1. The number of rotatable bonds is 6. The normalized spacial score (nSPS) is 14.9. The van der Waals surface area contributed by atoms with Crippen molar-refractivity contribution >= 4 is 23.5 Å². The van der Waals surface area contributed by atoms with Crippen LogP contribution in [0.15, 0.2) is 42.5 Å². The van der Waals surface area contributed by atoms with Gasteiger partial charge >= 0.3 is 5.97 Å². The molecule has 0 bridgehead atoms. The zero-order chi connectivity index (χ0) is 18.5. The third-order valence-corrected chi connectivity index (χ3v) is 4.19. The van der Waals surface area contributed by atoms with E-state index in [0.29, 0.717) is 35.1 Å². The van der Waals surface area contributed by atoms with Crippen molar-refractivity contribution in [3.05, 3.63) is 58.6 Å². The number of hydrogen-bond acceptors (Lipinski definition) is 5. The van der Waals surface area contributed by atoms with Crippen LogP contribution in [-0.2, 0) is 16.0 Å². The highest BCUT2D eigenvalue weighted by atomic mass is 35.5. The van der Waals surface area contributed by atoms with Crippen LogP contribution in [0.4, 0.5) is 0 Å². The van der Waals surface area contributed by atoms with E-state index in [2.05, 4.69) is 5.32 Å². The Bertz CT molecular complexity index is 809. The van der Waals surface area contributed by atoms with E-state index in [1.54, 1.807) is 18.2 Å². The zero-order valence-corrected chi connectivity index (χ0v) is 14.9. The monoisotopic (exact) mass is 375 g/mol. The number of hydrogen-bond donors (Lipinski definition) is 1. The van der Waals surface area contributed by atoms with Gasteiger partial charge in [-0.2, -0.15) is 0 Å². The molecular weight excluding hydrogens is 358 g/mol. The standard InChI is InChI=1S/C19H18ClNO5/c1-24-19(23)13-7-12-8-15(26-18(12)16(20)9-13)10-21-17(22)11-25-14-5-3-2-4-6-14/h2-7,9,15H,8,10-11H2,1H3,(H,21,22)/t15-/m0/s1. The van der Waals surface area contributed by atoms with Crippen LogP contribution in [0, 0.1) is 0 Å². The first-order chi connectivity index (χ1) is 12.6. The Balaban J connectivity index is 1.51. The van der Waals surface area contributed by atoms with Crippen LogP contribution >= 0.6 is 11.6 Å². The molecule has 2 aromatic carbocycles. The fourth-order valence-corrected chi connectivity index (χ4v) is 2.96. The van der Waals surface area contributed by atoms with Gasteiger partial charge in [-0.15, -0.1) is 0 Å². The first-order valence-corrected chi connectivity index (χ1v) is 8.46. The second-order valence-electron chi connectivity index (χ2n) is 5.79. The van der Waals surface area contributed by atoms with Crippen LogP contribution in [0.25, 0.3) is 0 Å². The summed E-state index contributed by atoms with van der Waals surface area (Å²) in [7, 11) is 1.32. The van der Waals surface area contributed by atoms with Gasteiger partial charge in [-0.3, -0.25) is 4.79 Å². The van der Waals surface area contributed by atoms with Crippen molar-refractivity contribution < 1.29 is 23.8 Å². The topological polar surface area (TPSA) is 73.9 Å². The molecule has 0 saturated heterocycles. The zero-order valence-electron chi connectivity index (χ0n) is 14.2. The Morgan fingerprint density at radius 1 is 1.27 bits per heavy atom. The summed E-state index contributed by atoms with van der Waals surface area (Å²) in [5.74, 6) is 0.479. The number of fused-ring (bicyclic) bond motifs is 1. The summed E-state index contributed by atoms with van der Waals surface area (Å²) in [5, 5.41) is 3.13. The van der Waals surface area contributed by atoms with Crippen LogP contribution in [0.1, 0.15) is 15.9 Å². The molecule has 1 aliphatic rings. The minimum absolute atomic E-state index is 0.0725. The molecule has 1 amide bonds. The van der Waals surface area contributed by atoms with Gasteiger partial charge in [-0.1, -0.05) is 29.8 Å². The van der Waals surface area contributed by atoms with Crippen molar-refractivity contribution in [2.75, 3.05) is 20.3 Å². The molecule has 0 saturated carbocycles. The predicted molar refractivity (Wildman–Crippen MR) is 95.9 cm³/mol. The van der Waals surface area contributed by atoms with Crippen molar-refractivity contribution in [3.8, 4) is 11.5 Å². The molecule has 0 aliphatic carbocycles. The number of esters is 1. The van der Waals surface area contributed by atoms with Crippen LogP contribution in [0.3, 0.4) is 0 Å². The molecule has 3 rings (SSSR count). The number of ether oxygens (including phenoxy) is 3. The lowest BCUT2D eigenvalue weighted by atomic mass is 10.1. The van der Waals surface area contributed by atoms with Crippen LogP contribution in [0.2, 0.25) is 5.02 Å². The highest BCUT2D eigenvalue weighted by Crippen LogP contribution is 2.37. The van der Waals surface area contributed by atoms with E-state index < -0.39 is 5.97 Å². The Labute approximate surface area is 156 Å². The first-order valence-electron chi connectivity index (χ1n) is 8.08. The summed E-state index contributed by atoms with van der Waals surface area (Å²) >= 11 is 6.18. The molecule has 0 radical (unpaired) electrons.